The van der Waals surface area contributed by atoms with Gasteiger partial charge in [-0.2, -0.15) is 0 Å². The maximum atomic E-state index is 13.0. The SMILES string of the molecule is O=C(c1cc2c(cc1[N+](=O)[O-])OCCO2)N1CC[C@H]2CCCC[C@H]2C1. The zero-order valence-corrected chi connectivity index (χ0v) is 14.1. The molecule has 4 rings (SSSR count). The first-order chi connectivity index (χ1) is 12.1. The lowest BCUT2D eigenvalue weighted by Crippen LogP contribution is -2.44. The van der Waals surface area contributed by atoms with Crippen molar-refractivity contribution in [1.82, 2.24) is 4.90 Å². The monoisotopic (exact) mass is 346 g/mol. The average Bonchev–Trinajstić information content (AvgIpc) is 2.66. The lowest BCUT2D eigenvalue weighted by Gasteiger charge is -2.41. The molecule has 0 bridgehead atoms. The molecule has 0 radical (unpaired) electrons. The molecular formula is C18H22N2O5. The number of likely N-dealkylation sites (tertiary alicyclic amines) is 1. The van der Waals surface area contributed by atoms with E-state index in [1.54, 1.807) is 4.90 Å². The molecule has 1 saturated carbocycles. The number of rotatable bonds is 2. The van der Waals surface area contributed by atoms with Crippen molar-refractivity contribution in [2.24, 2.45) is 11.8 Å². The fourth-order valence-electron chi connectivity index (χ4n) is 4.36. The van der Waals surface area contributed by atoms with Crippen molar-refractivity contribution in [1.29, 1.82) is 0 Å². The molecule has 1 saturated heterocycles. The van der Waals surface area contributed by atoms with Crippen LogP contribution in [-0.2, 0) is 0 Å². The zero-order chi connectivity index (χ0) is 17.4. The summed E-state index contributed by atoms with van der Waals surface area (Å²) in [7, 11) is 0. The molecule has 1 aromatic rings. The van der Waals surface area contributed by atoms with E-state index in [0.29, 0.717) is 49.6 Å². The number of benzene rings is 1. The summed E-state index contributed by atoms with van der Waals surface area (Å²) in [6.07, 6.45) is 5.89. The standard InChI is InChI=1S/C18H22N2O5/c21-18(19-6-5-12-3-1-2-4-13(12)11-19)14-9-16-17(25-8-7-24-16)10-15(14)20(22)23/h9-10,12-13H,1-8,11H2/t12-,13+/m1/s1. The minimum atomic E-state index is -0.515. The van der Waals surface area contributed by atoms with Crippen molar-refractivity contribution in [3.8, 4) is 11.5 Å². The number of fused-ring (bicyclic) bond motifs is 2. The Hall–Kier alpha value is -2.31. The van der Waals surface area contributed by atoms with E-state index >= 15 is 0 Å². The number of nitrogens with zero attached hydrogens (tertiary/aromatic N) is 2. The van der Waals surface area contributed by atoms with Gasteiger partial charge in [-0.25, -0.2) is 0 Å². The van der Waals surface area contributed by atoms with Gasteiger partial charge in [0.1, 0.15) is 18.8 Å². The topological polar surface area (TPSA) is 81.9 Å². The van der Waals surface area contributed by atoms with Crippen LogP contribution >= 0.6 is 0 Å². The first-order valence-corrected chi connectivity index (χ1v) is 9.01. The first-order valence-electron chi connectivity index (χ1n) is 9.01. The molecular weight excluding hydrogens is 324 g/mol. The van der Waals surface area contributed by atoms with Crippen LogP contribution in [0.2, 0.25) is 0 Å². The molecule has 0 unspecified atom stereocenters. The van der Waals surface area contributed by atoms with Crippen molar-refractivity contribution in [3.63, 3.8) is 0 Å². The van der Waals surface area contributed by atoms with Crippen LogP contribution in [0.1, 0.15) is 42.5 Å². The summed E-state index contributed by atoms with van der Waals surface area (Å²) >= 11 is 0. The van der Waals surface area contributed by atoms with Gasteiger partial charge in [0.05, 0.1) is 11.0 Å². The van der Waals surface area contributed by atoms with Gasteiger partial charge in [0.2, 0.25) is 0 Å². The first kappa shape index (κ1) is 16.2. The third-order valence-corrected chi connectivity index (χ3v) is 5.67. The number of amides is 1. The highest BCUT2D eigenvalue weighted by molar-refractivity contribution is 5.99. The minimum Gasteiger partial charge on any atom is -0.486 e. The molecule has 7 nitrogen and oxygen atoms in total. The van der Waals surface area contributed by atoms with Gasteiger partial charge >= 0.3 is 0 Å². The second kappa shape index (κ2) is 6.54. The van der Waals surface area contributed by atoms with E-state index in [2.05, 4.69) is 0 Å². The van der Waals surface area contributed by atoms with Gasteiger partial charge in [-0.1, -0.05) is 19.3 Å². The van der Waals surface area contributed by atoms with Gasteiger partial charge in [-0.15, -0.1) is 0 Å². The molecule has 2 heterocycles. The molecule has 7 heteroatoms. The normalized spacial score (nSPS) is 25.2. The van der Waals surface area contributed by atoms with Crippen LogP contribution in [0, 0.1) is 22.0 Å². The number of ether oxygens (including phenoxy) is 2. The van der Waals surface area contributed by atoms with E-state index in [1.807, 2.05) is 0 Å². The summed E-state index contributed by atoms with van der Waals surface area (Å²) in [6, 6.07) is 2.79. The van der Waals surface area contributed by atoms with E-state index < -0.39 is 4.92 Å². The van der Waals surface area contributed by atoms with Crippen molar-refractivity contribution >= 4 is 11.6 Å². The van der Waals surface area contributed by atoms with Gasteiger partial charge in [-0.3, -0.25) is 14.9 Å². The Kier molecular flexibility index (Phi) is 4.23. The second-order valence-corrected chi connectivity index (χ2v) is 7.11. The Balaban J connectivity index is 1.61. The van der Waals surface area contributed by atoms with E-state index in [1.165, 1.54) is 31.4 Å². The summed E-state index contributed by atoms with van der Waals surface area (Å²) in [6.45, 7) is 2.11. The number of hydrogen-bond donors (Lipinski definition) is 0. The fourth-order valence-corrected chi connectivity index (χ4v) is 4.36. The third-order valence-electron chi connectivity index (χ3n) is 5.67. The highest BCUT2D eigenvalue weighted by Gasteiger charge is 2.36. The van der Waals surface area contributed by atoms with Crippen LogP contribution < -0.4 is 9.47 Å². The summed E-state index contributed by atoms with van der Waals surface area (Å²) < 4.78 is 10.9. The van der Waals surface area contributed by atoms with Crippen LogP contribution in [-0.4, -0.2) is 42.0 Å². The smallest absolute Gasteiger partial charge is 0.286 e. The lowest BCUT2D eigenvalue weighted by molar-refractivity contribution is -0.385. The van der Waals surface area contributed by atoms with Crippen molar-refractivity contribution in [3.05, 3.63) is 27.8 Å². The quantitative estimate of drug-likeness (QED) is 0.607. The maximum absolute atomic E-state index is 13.0. The second-order valence-electron chi connectivity index (χ2n) is 7.11. The molecule has 25 heavy (non-hydrogen) atoms. The Morgan fingerprint density at radius 3 is 2.48 bits per heavy atom. The predicted molar refractivity (Wildman–Crippen MR) is 90.1 cm³/mol. The molecule has 1 aliphatic carbocycles. The Bertz CT molecular complexity index is 705. The summed E-state index contributed by atoms with van der Waals surface area (Å²) in [5.74, 6) is 1.71. The number of nitro groups is 1. The number of carbonyl (C=O) groups is 1. The average molecular weight is 346 g/mol. The van der Waals surface area contributed by atoms with E-state index in [-0.39, 0.29) is 17.2 Å². The highest BCUT2D eigenvalue weighted by Crippen LogP contribution is 2.39. The van der Waals surface area contributed by atoms with Crippen LogP contribution in [0.15, 0.2) is 12.1 Å². The van der Waals surface area contributed by atoms with Crippen LogP contribution in [0.4, 0.5) is 5.69 Å². The molecule has 2 fully saturated rings. The number of piperidine rings is 1. The van der Waals surface area contributed by atoms with Crippen molar-refractivity contribution in [2.45, 2.75) is 32.1 Å². The Morgan fingerprint density at radius 2 is 1.76 bits per heavy atom. The van der Waals surface area contributed by atoms with E-state index in [4.69, 9.17) is 9.47 Å². The van der Waals surface area contributed by atoms with E-state index in [0.717, 1.165) is 12.8 Å². The molecule has 1 aromatic carbocycles. The number of carbonyl (C=O) groups excluding carboxylic acids is 1. The van der Waals surface area contributed by atoms with Crippen LogP contribution in [0.3, 0.4) is 0 Å². The molecule has 2 aliphatic heterocycles. The summed E-state index contributed by atoms with van der Waals surface area (Å²) in [5.41, 5.74) is -0.108. The zero-order valence-electron chi connectivity index (χ0n) is 14.1. The Labute approximate surface area is 146 Å². The van der Waals surface area contributed by atoms with Gasteiger partial charge in [0.25, 0.3) is 11.6 Å². The third kappa shape index (κ3) is 3.03. The summed E-state index contributed by atoms with van der Waals surface area (Å²) in [5, 5.41) is 11.5. The highest BCUT2D eigenvalue weighted by atomic mass is 16.6. The molecule has 0 spiro atoms. The molecule has 0 aromatic heterocycles. The van der Waals surface area contributed by atoms with Crippen molar-refractivity contribution < 1.29 is 19.2 Å². The van der Waals surface area contributed by atoms with Crippen molar-refractivity contribution in [2.75, 3.05) is 26.3 Å². The fraction of sp³-hybridized carbons (Fsp3) is 0.611. The Morgan fingerprint density at radius 1 is 1.08 bits per heavy atom. The molecule has 3 aliphatic rings. The molecule has 2 atom stereocenters. The summed E-state index contributed by atoms with van der Waals surface area (Å²) in [4.78, 5) is 25.7. The minimum absolute atomic E-state index is 0.100. The van der Waals surface area contributed by atoms with Gasteiger partial charge in [-0.05, 0) is 24.7 Å². The molecule has 1 amide bonds. The van der Waals surface area contributed by atoms with Gasteiger partial charge in [0, 0.05) is 19.2 Å². The van der Waals surface area contributed by atoms with Crippen LogP contribution in [0.25, 0.3) is 0 Å². The van der Waals surface area contributed by atoms with E-state index in [9.17, 15) is 14.9 Å². The number of hydrogen-bond acceptors (Lipinski definition) is 5. The molecule has 134 valence electrons. The van der Waals surface area contributed by atoms with Gasteiger partial charge < -0.3 is 14.4 Å². The number of nitro benzene ring substituents is 1. The largest absolute Gasteiger partial charge is 0.486 e. The van der Waals surface area contributed by atoms with Crippen LogP contribution in [0.5, 0.6) is 11.5 Å². The maximum Gasteiger partial charge on any atom is 0.286 e. The molecule has 0 N–H and O–H groups in total. The van der Waals surface area contributed by atoms with Gasteiger partial charge in [0.15, 0.2) is 11.5 Å². The lowest BCUT2D eigenvalue weighted by atomic mass is 9.75. The predicted octanol–water partition coefficient (Wildman–Crippen LogP) is 3.02.